The van der Waals surface area contributed by atoms with Gasteiger partial charge in [-0.15, -0.1) is 0 Å². The molecule has 1 heterocycles. The molecule has 1 saturated heterocycles. The minimum Gasteiger partial charge on any atom is -0.378 e. The quantitative estimate of drug-likeness (QED) is 0.683. The molecule has 0 aromatic heterocycles. The molecule has 4 rings (SSSR count). The summed E-state index contributed by atoms with van der Waals surface area (Å²) in [5.74, 6) is -0.649. The Balaban J connectivity index is 1.46. The average Bonchev–Trinajstić information content (AvgIpc) is 2.73. The maximum atomic E-state index is 14.5. The maximum Gasteiger partial charge on any atom is 0.248 e. The molecule has 1 aliphatic heterocycles. The highest BCUT2D eigenvalue weighted by molar-refractivity contribution is 6.03. The van der Waals surface area contributed by atoms with Crippen molar-refractivity contribution in [2.24, 2.45) is 0 Å². The number of hydrogen-bond donors (Lipinski definition) is 1. The molecule has 0 saturated carbocycles. The van der Waals surface area contributed by atoms with Crippen molar-refractivity contribution in [2.45, 2.75) is 0 Å². The predicted molar refractivity (Wildman–Crippen MR) is 111 cm³/mol. The third-order valence-corrected chi connectivity index (χ3v) is 4.80. The second-order valence-electron chi connectivity index (χ2n) is 6.66. The van der Waals surface area contributed by atoms with E-state index in [0.717, 1.165) is 16.3 Å². The normalized spacial score (nSPS) is 14.5. The summed E-state index contributed by atoms with van der Waals surface area (Å²) in [6.07, 6.45) is 3.24. The van der Waals surface area contributed by atoms with E-state index in [0.29, 0.717) is 37.7 Å². The summed E-state index contributed by atoms with van der Waals surface area (Å²) in [6, 6.07) is 18.7. The van der Waals surface area contributed by atoms with Crippen molar-refractivity contribution in [2.75, 3.05) is 36.5 Å². The number of morpholine rings is 1. The molecule has 0 spiro atoms. The van der Waals surface area contributed by atoms with Gasteiger partial charge >= 0.3 is 0 Å². The first-order valence-corrected chi connectivity index (χ1v) is 9.30. The number of hydrogen-bond acceptors (Lipinski definition) is 3. The number of fused-ring (bicyclic) bond motifs is 1. The van der Waals surface area contributed by atoms with Gasteiger partial charge in [0.15, 0.2) is 0 Å². The van der Waals surface area contributed by atoms with Crippen LogP contribution in [0.5, 0.6) is 0 Å². The lowest BCUT2D eigenvalue weighted by molar-refractivity contribution is -0.111. The number of amides is 1. The van der Waals surface area contributed by atoms with Gasteiger partial charge in [-0.25, -0.2) is 4.39 Å². The van der Waals surface area contributed by atoms with Crippen molar-refractivity contribution in [3.63, 3.8) is 0 Å². The average molecular weight is 376 g/mol. The molecule has 142 valence electrons. The minimum absolute atomic E-state index is 0.300. The van der Waals surface area contributed by atoms with Crippen molar-refractivity contribution >= 4 is 34.1 Å². The van der Waals surface area contributed by atoms with Crippen molar-refractivity contribution in [3.05, 3.63) is 78.1 Å². The van der Waals surface area contributed by atoms with E-state index in [-0.39, 0.29) is 11.7 Å². The van der Waals surface area contributed by atoms with Crippen LogP contribution in [0.3, 0.4) is 0 Å². The van der Waals surface area contributed by atoms with Crippen LogP contribution >= 0.6 is 0 Å². The number of nitrogens with one attached hydrogen (secondary N) is 1. The fraction of sp³-hybridized carbons (Fsp3) is 0.174. The smallest absolute Gasteiger partial charge is 0.248 e. The Bertz CT molecular complexity index is 1020. The molecule has 0 radical (unpaired) electrons. The van der Waals surface area contributed by atoms with Crippen molar-refractivity contribution in [1.29, 1.82) is 0 Å². The molecule has 0 unspecified atom stereocenters. The Hall–Kier alpha value is -3.18. The zero-order valence-corrected chi connectivity index (χ0v) is 15.4. The van der Waals surface area contributed by atoms with Crippen LogP contribution in [0.25, 0.3) is 16.8 Å². The number of carbonyl (C=O) groups excluding carboxylic acids is 1. The number of nitrogens with zero attached hydrogens (tertiary/aromatic N) is 1. The number of ether oxygens (including phenoxy) is 1. The second-order valence-corrected chi connectivity index (χ2v) is 6.66. The molecular formula is C23H21FN2O2. The molecule has 4 nitrogen and oxygen atoms in total. The Morgan fingerprint density at radius 1 is 1.04 bits per heavy atom. The van der Waals surface area contributed by atoms with Gasteiger partial charge < -0.3 is 15.0 Å². The Morgan fingerprint density at radius 2 is 1.82 bits per heavy atom. The zero-order chi connectivity index (χ0) is 19.3. The zero-order valence-electron chi connectivity index (χ0n) is 15.4. The molecule has 1 aliphatic rings. The topological polar surface area (TPSA) is 41.6 Å². The lowest BCUT2D eigenvalue weighted by Crippen LogP contribution is -2.36. The van der Waals surface area contributed by atoms with Crippen LogP contribution in [0.1, 0.15) is 5.56 Å². The lowest BCUT2D eigenvalue weighted by Gasteiger charge is -2.29. The summed E-state index contributed by atoms with van der Waals surface area (Å²) >= 11 is 0. The molecule has 1 fully saturated rings. The van der Waals surface area contributed by atoms with E-state index in [2.05, 4.69) is 5.32 Å². The van der Waals surface area contributed by atoms with E-state index in [4.69, 9.17) is 4.74 Å². The summed E-state index contributed by atoms with van der Waals surface area (Å²) in [7, 11) is 0. The molecule has 5 heteroatoms. The molecule has 0 atom stereocenters. The minimum atomic E-state index is -0.349. The Morgan fingerprint density at radius 3 is 2.64 bits per heavy atom. The van der Waals surface area contributed by atoms with E-state index in [1.165, 1.54) is 12.1 Å². The van der Waals surface area contributed by atoms with E-state index in [1.54, 1.807) is 18.2 Å². The number of rotatable bonds is 4. The highest BCUT2D eigenvalue weighted by Gasteiger charge is 2.15. The highest BCUT2D eigenvalue weighted by atomic mass is 19.1. The Kier molecular flexibility index (Phi) is 5.35. The summed E-state index contributed by atoms with van der Waals surface area (Å²) < 4.78 is 19.8. The first-order chi connectivity index (χ1) is 13.7. The monoisotopic (exact) mass is 376 g/mol. The maximum absolute atomic E-state index is 14.5. The highest BCUT2D eigenvalue weighted by Crippen LogP contribution is 2.24. The van der Waals surface area contributed by atoms with Crippen LogP contribution < -0.4 is 10.2 Å². The number of carbonyl (C=O) groups is 1. The SMILES string of the molecule is O=C(/C=C/c1cccc2ccccc12)Nc1ccc(N2CCOCC2)c(F)c1. The first-order valence-electron chi connectivity index (χ1n) is 9.30. The first kappa shape index (κ1) is 18.2. The molecule has 28 heavy (non-hydrogen) atoms. The van der Waals surface area contributed by atoms with E-state index in [1.807, 2.05) is 47.4 Å². The van der Waals surface area contributed by atoms with Gasteiger partial charge in [0, 0.05) is 24.9 Å². The van der Waals surface area contributed by atoms with Gasteiger partial charge in [-0.2, -0.15) is 0 Å². The molecular weight excluding hydrogens is 355 g/mol. The van der Waals surface area contributed by atoms with Gasteiger partial charge in [-0.05, 0) is 40.6 Å². The lowest BCUT2D eigenvalue weighted by atomic mass is 10.0. The molecule has 3 aromatic rings. The van der Waals surface area contributed by atoms with Crippen LogP contribution in [0.2, 0.25) is 0 Å². The van der Waals surface area contributed by atoms with Crippen LogP contribution in [0, 0.1) is 5.82 Å². The van der Waals surface area contributed by atoms with E-state index in [9.17, 15) is 9.18 Å². The standard InChI is InChI=1S/C23H21FN2O2/c24-21-16-19(9-10-22(21)26-12-14-28-15-13-26)25-23(27)11-8-18-6-3-5-17-4-1-2-7-20(17)18/h1-11,16H,12-15H2,(H,25,27)/b11-8+. The molecule has 3 aromatic carbocycles. The van der Waals surface area contributed by atoms with Gasteiger partial charge in [-0.3, -0.25) is 4.79 Å². The van der Waals surface area contributed by atoms with Gasteiger partial charge in [0.2, 0.25) is 5.91 Å². The number of halogens is 1. The van der Waals surface area contributed by atoms with Crippen LogP contribution in [0.15, 0.2) is 66.7 Å². The molecule has 1 amide bonds. The van der Waals surface area contributed by atoms with Crippen molar-refractivity contribution < 1.29 is 13.9 Å². The summed E-state index contributed by atoms with van der Waals surface area (Å²) in [6.45, 7) is 2.51. The van der Waals surface area contributed by atoms with Crippen LogP contribution in [-0.2, 0) is 9.53 Å². The van der Waals surface area contributed by atoms with E-state index < -0.39 is 0 Å². The van der Waals surface area contributed by atoms with Gasteiger partial charge in [0.25, 0.3) is 0 Å². The molecule has 1 N–H and O–H groups in total. The van der Waals surface area contributed by atoms with Gasteiger partial charge in [0.05, 0.1) is 18.9 Å². The third-order valence-electron chi connectivity index (χ3n) is 4.80. The fourth-order valence-electron chi connectivity index (χ4n) is 3.39. The summed E-state index contributed by atoms with van der Waals surface area (Å²) in [4.78, 5) is 14.2. The molecule has 0 aliphatic carbocycles. The predicted octanol–water partition coefficient (Wildman–Crippen LogP) is 4.47. The van der Waals surface area contributed by atoms with Crippen LogP contribution in [-0.4, -0.2) is 32.2 Å². The third kappa shape index (κ3) is 4.05. The van der Waals surface area contributed by atoms with E-state index >= 15 is 0 Å². The Labute approximate surface area is 163 Å². The van der Waals surface area contributed by atoms with Crippen molar-refractivity contribution in [1.82, 2.24) is 0 Å². The van der Waals surface area contributed by atoms with Gasteiger partial charge in [0.1, 0.15) is 5.82 Å². The summed E-state index contributed by atoms with van der Waals surface area (Å²) in [5.41, 5.74) is 1.93. The second kappa shape index (κ2) is 8.23. The number of benzene rings is 3. The fourth-order valence-corrected chi connectivity index (χ4v) is 3.39. The van der Waals surface area contributed by atoms with Gasteiger partial charge in [-0.1, -0.05) is 42.5 Å². The molecule has 0 bridgehead atoms. The van der Waals surface area contributed by atoms with Crippen LogP contribution in [0.4, 0.5) is 15.8 Å². The summed E-state index contributed by atoms with van der Waals surface area (Å²) in [5, 5.41) is 4.92. The number of anilines is 2. The largest absolute Gasteiger partial charge is 0.378 e. The van der Waals surface area contributed by atoms with Crippen molar-refractivity contribution in [3.8, 4) is 0 Å².